The molecule has 31 heavy (non-hydrogen) atoms. The molecule has 0 saturated heterocycles. The van der Waals surface area contributed by atoms with Crippen LogP contribution in [0.25, 0.3) is 10.8 Å². The third-order valence-electron chi connectivity index (χ3n) is 6.77. The number of halogens is 4. The van der Waals surface area contributed by atoms with E-state index in [0.717, 1.165) is 60.7 Å². The van der Waals surface area contributed by atoms with Crippen molar-refractivity contribution in [1.29, 1.82) is 0 Å². The molecule has 0 spiro atoms. The number of benzene rings is 3. The molecule has 0 saturated carbocycles. The molecule has 1 aliphatic rings. The molecule has 0 aromatic heterocycles. The lowest BCUT2D eigenvalue weighted by Gasteiger charge is -2.35. The van der Waals surface area contributed by atoms with E-state index in [9.17, 15) is 17.6 Å². The summed E-state index contributed by atoms with van der Waals surface area (Å²) in [5, 5.41) is 1.42. The van der Waals surface area contributed by atoms with Crippen molar-refractivity contribution in [2.75, 3.05) is 0 Å². The van der Waals surface area contributed by atoms with Crippen molar-refractivity contribution in [3.63, 3.8) is 0 Å². The van der Waals surface area contributed by atoms with Gasteiger partial charge in [0.2, 0.25) is 0 Å². The first-order chi connectivity index (χ1) is 15.0. The van der Waals surface area contributed by atoms with Gasteiger partial charge >= 0.3 is 0 Å². The van der Waals surface area contributed by atoms with Crippen molar-refractivity contribution in [3.8, 4) is 0 Å². The third-order valence-corrected chi connectivity index (χ3v) is 6.77. The summed E-state index contributed by atoms with van der Waals surface area (Å²) in [5.74, 6) is -4.03. The Morgan fingerprint density at radius 2 is 1.55 bits per heavy atom. The molecule has 4 heteroatoms. The van der Waals surface area contributed by atoms with Gasteiger partial charge in [0.25, 0.3) is 0 Å². The number of rotatable bonds is 7. The zero-order chi connectivity index (χ0) is 22.0. The summed E-state index contributed by atoms with van der Waals surface area (Å²) < 4.78 is 56.2. The highest BCUT2D eigenvalue weighted by molar-refractivity contribution is 5.88. The average molecular weight is 429 g/mol. The molecule has 0 nitrogen and oxygen atoms in total. The summed E-state index contributed by atoms with van der Waals surface area (Å²) in [6, 6.07) is 11.0. The predicted molar refractivity (Wildman–Crippen MR) is 117 cm³/mol. The smallest absolute Gasteiger partial charge is 0.194 e. The Morgan fingerprint density at radius 3 is 2.29 bits per heavy atom. The number of fused-ring (bicyclic) bond motifs is 3. The van der Waals surface area contributed by atoms with Crippen LogP contribution in [0.2, 0.25) is 0 Å². The van der Waals surface area contributed by atoms with Gasteiger partial charge in [-0.05, 0) is 65.5 Å². The summed E-state index contributed by atoms with van der Waals surface area (Å²) >= 11 is 0. The van der Waals surface area contributed by atoms with Crippen LogP contribution in [0.1, 0.15) is 74.5 Å². The molecule has 0 aliphatic heterocycles. The van der Waals surface area contributed by atoms with E-state index in [1.807, 2.05) is 12.1 Å². The van der Waals surface area contributed by atoms with E-state index in [2.05, 4.69) is 6.92 Å². The first-order valence-electron chi connectivity index (χ1n) is 11.4. The van der Waals surface area contributed by atoms with Crippen LogP contribution in [0.4, 0.5) is 17.6 Å². The van der Waals surface area contributed by atoms with Crippen molar-refractivity contribution in [2.45, 2.75) is 64.2 Å². The zero-order valence-corrected chi connectivity index (χ0v) is 17.9. The van der Waals surface area contributed by atoms with Crippen molar-refractivity contribution in [2.24, 2.45) is 5.92 Å². The quantitative estimate of drug-likeness (QED) is 0.201. The molecule has 0 radical (unpaired) electrons. The van der Waals surface area contributed by atoms with Crippen molar-refractivity contribution in [1.82, 2.24) is 0 Å². The second-order valence-corrected chi connectivity index (χ2v) is 8.75. The van der Waals surface area contributed by atoms with E-state index in [1.54, 1.807) is 12.1 Å². The molecule has 1 aliphatic carbocycles. The van der Waals surface area contributed by atoms with Crippen molar-refractivity contribution >= 4 is 10.8 Å². The van der Waals surface area contributed by atoms with E-state index in [-0.39, 0.29) is 17.7 Å². The van der Waals surface area contributed by atoms with Crippen LogP contribution in [-0.2, 0) is 6.42 Å². The van der Waals surface area contributed by atoms with E-state index in [1.165, 1.54) is 25.3 Å². The van der Waals surface area contributed by atoms with Crippen molar-refractivity contribution in [3.05, 3.63) is 82.4 Å². The number of unbranched alkanes of at least 4 members (excludes halogenated alkanes) is 4. The molecule has 2 atom stereocenters. The molecule has 0 unspecified atom stereocenters. The zero-order valence-electron chi connectivity index (χ0n) is 17.9. The molecule has 0 N–H and O–H groups in total. The van der Waals surface area contributed by atoms with Gasteiger partial charge in [-0.1, -0.05) is 63.3 Å². The lowest BCUT2D eigenvalue weighted by atomic mass is 9.69. The van der Waals surface area contributed by atoms with E-state index < -0.39 is 17.5 Å². The highest BCUT2D eigenvalue weighted by Crippen LogP contribution is 2.46. The monoisotopic (exact) mass is 428 g/mol. The maximum atomic E-state index is 14.3. The average Bonchev–Trinajstić information content (AvgIpc) is 2.76. The Bertz CT molecular complexity index is 1050. The molecule has 0 bridgehead atoms. The fraction of sp³-hybridized carbons (Fsp3) is 0.407. The summed E-state index contributed by atoms with van der Waals surface area (Å²) in [6.07, 6.45) is 8.40. The molecule has 0 heterocycles. The first kappa shape index (κ1) is 21.9. The molecule has 3 aromatic carbocycles. The van der Waals surface area contributed by atoms with Gasteiger partial charge in [-0.25, -0.2) is 17.6 Å². The molecule has 0 fully saturated rings. The number of aryl methyl sites for hydroxylation is 1. The van der Waals surface area contributed by atoms with Gasteiger partial charge in [0.05, 0.1) is 0 Å². The van der Waals surface area contributed by atoms with Gasteiger partial charge in [0.15, 0.2) is 17.5 Å². The van der Waals surface area contributed by atoms with E-state index >= 15 is 0 Å². The summed E-state index contributed by atoms with van der Waals surface area (Å²) in [6.45, 7) is 2.18. The number of hydrogen-bond acceptors (Lipinski definition) is 0. The Hall–Kier alpha value is -2.36. The molecule has 164 valence electrons. The molecule has 3 aromatic rings. The van der Waals surface area contributed by atoms with Crippen LogP contribution in [0, 0.1) is 29.2 Å². The third kappa shape index (κ3) is 4.35. The summed E-state index contributed by atoms with van der Waals surface area (Å²) in [4.78, 5) is 0. The Balaban J connectivity index is 1.76. The minimum absolute atomic E-state index is 0.212. The summed E-state index contributed by atoms with van der Waals surface area (Å²) in [7, 11) is 0. The van der Waals surface area contributed by atoms with Crippen LogP contribution >= 0.6 is 0 Å². The summed E-state index contributed by atoms with van der Waals surface area (Å²) in [5.41, 5.74) is 2.48. The first-order valence-corrected chi connectivity index (χ1v) is 11.4. The van der Waals surface area contributed by atoms with E-state index in [4.69, 9.17) is 0 Å². The normalized spacial score (nSPS) is 18.4. The van der Waals surface area contributed by atoms with Gasteiger partial charge < -0.3 is 0 Å². The minimum atomic E-state index is -1.43. The minimum Gasteiger partial charge on any atom is -0.206 e. The molecule has 4 rings (SSSR count). The van der Waals surface area contributed by atoms with Gasteiger partial charge in [-0.2, -0.15) is 0 Å². The maximum Gasteiger partial charge on any atom is 0.194 e. The Morgan fingerprint density at radius 1 is 0.806 bits per heavy atom. The van der Waals surface area contributed by atoms with Crippen LogP contribution in [0.5, 0.6) is 0 Å². The topological polar surface area (TPSA) is 0 Å². The Labute approximate surface area is 181 Å². The van der Waals surface area contributed by atoms with E-state index in [0.29, 0.717) is 10.9 Å². The van der Waals surface area contributed by atoms with Crippen molar-refractivity contribution < 1.29 is 17.6 Å². The van der Waals surface area contributed by atoms with Crippen LogP contribution in [-0.4, -0.2) is 0 Å². The Kier molecular flexibility index (Phi) is 6.64. The highest BCUT2D eigenvalue weighted by atomic mass is 19.2. The fourth-order valence-electron chi connectivity index (χ4n) is 5.25. The molecule has 0 amide bonds. The molecular formula is C27H28F4. The van der Waals surface area contributed by atoms with Gasteiger partial charge in [-0.3, -0.25) is 0 Å². The maximum absolute atomic E-state index is 14.3. The van der Waals surface area contributed by atoms with Gasteiger partial charge in [-0.15, -0.1) is 0 Å². The second kappa shape index (κ2) is 9.42. The standard InChI is InChI=1S/C27H28F4/c1-2-3-4-5-6-8-17-11-12-20-19-9-7-10-23(28)21(19)13-14-22(20)26(17)18-15-24(29)27(31)25(30)16-18/h7,9-10,13-17,26H,2-6,8,11-12H2,1H3/t17-,26-/m1/s1. The predicted octanol–water partition coefficient (Wildman–Crippen LogP) is 8.45. The molecular weight excluding hydrogens is 400 g/mol. The lowest BCUT2D eigenvalue weighted by Crippen LogP contribution is -2.23. The highest BCUT2D eigenvalue weighted by Gasteiger charge is 2.32. The van der Waals surface area contributed by atoms with Gasteiger partial charge in [0, 0.05) is 11.3 Å². The van der Waals surface area contributed by atoms with Gasteiger partial charge in [0.1, 0.15) is 5.82 Å². The second-order valence-electron chi connectivity index (χ2n) is 8.75. The largest absolute Gasteiger partial charge is 0.206 e. The van der Waals surface area contributed by atoms with Crippen LogP contribution < -0.4 is 0 Å². The van der Waals surface area contributed by atoms with Crippen LogP contribution in [0.15, 0.2) is 42.5 Å². The SMILES string of the molecule is CCCCCCC[C@@H]1CCc2c(ccc3c(F)cccc23)[C@H]1c1cc(F)c(F)c(F)c1. The number of hydrogen-bond donors (Lipinski definition) is 0. The van der Waals surface area contributed by atoms with Crippen LogP contribution in [0.3, 0.4) is 0 Å². The fourth-order valence-corrected chi connectivity index (χ4v) is 5.25. The lowest BCUT2D eigenvalue weighted by molar-refractivity contribution is 0.363.